The molecular weight excluding hydrogens is 288 g/mol. The molecule has 3 atom stereocenters. The Morgan fingerprint density at radius 3 is 2.88 bits per heavy atom. The van der Waals surface area contributed by atoms with Crippen LogP contribution in [0.2, 0.25) is 0 Å². The molecule has 1 aromatic heterocycles. The molecule has 0 radical (unpaired) electrons. The van der Waals surface area contributed by atoms with Gasteiger partial charge in [-0.3, -0.25) is 4.79 Å². The summed E-state index contributed by atoms with van der Waals surface area (Å²) in [7, 11) is 0. The van der Waals surface area contributed by atoms with E-state index in [-0.39, 0.29) is 11.7 Å². The van der Waals surface area contributed by atoms with Crippen molar-refractivity contribution >= 4 is 15.9 Å². The molecule has 94 valence electrons. The Bertz CT molecular complexity index is 522. The average molecular weight is 303 g/mol. The molecule has 1 N–H and O–H groups in total. The summed E-state index contributed by atoms with van der Waals surface area (Å²) in [4.78, 5) is 26.1. The predicted octanol–water partition coefficient (Wildman–Crippen LogP) is 1.63. The number of halogens is 1. The van der Waals surface area contributed by atoms with Gasteiger partial charge in [-0.05, 0) is 34.7 Å². The number of rotatable bonds is 2. The molecule has 1 saturated heterocycles. The van der Waals surface area contributed by atoms with E-state index in [0.29, 0.717) is 16.8 Å². The normalized spacial score (nSPS) is 28.5. The molecule has 0 spiro atoms. The van der Waals surface area contributed by atoms with E-state index in [2.05, 4.69) is 27.8 Å². The molecule has 6 heteroatoms. The molecule has 2 rings (SSSR count). The third kappa shape index (κ3) is 2.24. The molecule has 1 aliphatic heterocycles. The number of hydrogen-bond donors (Lipinski definition) is 1. The summed E-state index contributed by atoms with van der Waals surface area (Å²) in [6.45, 7) is 4.11. The summed E-state index contributed by atoms with van der Waals surface area (Å²) in [5.74, 6) is 0.357. The maximum absolute atomic E-state index is 11.9. The highest BCUT2D eigenvalue weighted by molar-refractivity contribution is 9.10. The minimum Gasteiger partial charge on any atom is -0.354 e. The first-order chi connectivity index (χ1) is 8.04. The van der Waals surface area contributed by atoms with Crippen LogP contribution in [0.5, 0.6) is 0 Å². The molecule has 2 heterocycles. The van der Waals surface area contributed by atoms with Crippen molar-refractivity contribution in [2.45, 2.75) is 39.0 Å². The van der Waals surface area contributed by atoms with Crippen LogP contribution in [0.4, 0.5) is 0 Å². The molecule has 17 heavy (non-hydrogen) atoms. The van der Waals surface area contributed by atoms with Gasteiger partial charge in [0, 0.05) is 6.20 Å². The minimum absolute atomic E-state index is 0.116. The first-order valence-electron chi connectivity index (χ1n) is 5.69. The van der Waals surface area contributed by atoms with E-state index in [1.807, 2.05) is 6.92 Å². The van der Waals surface area contributed by atoms with Crippen molar-refractivity contribution in [3.8, 4) is 0 Å². The fourth-order valence-electron chi connectivity index (χ4n) is 2.25. The van der Waals surface area contributed by atoms with Crippen LogP contribution in [0.25, 0.3) is 0 Å². The van der Waals surface area contributed by atoms with Crippen molar-refractivity contribution in [3.05, 3.63) is 31.5 Å². The van der Waals surface area contributed by atoms with Gasteiger partial charge in [-0.25, -0.2) is 9.36 Å². The Balaban J connectivity index is 2.40. The first kappa shape index (κ1) is 12.6. The lowest BCUT2D eigenvalue weighted by Gasteiger charge is -2.14. The highest BCUT2D eigenvalue weighted by Crippen LogP contribution is 2.33. The Hall–Kier alpha value is -0.880. The molecule has 5 nitrogen and oxygen atoms in total. The lowest BCUT2D eigenvalue weighted by molar-refractivity contribution is -0.00936. The minimum atomic E-state index is -0.455. The van der Waals surface area contributed by atoms with Gasteiger partial charge in [0.05, 0.1) is 10.6 Å². The van der Waals surface area contributed by atoms with Gasteiger partial charge in [0.15, 0.2) is 0 Å². The summed E-state index contributed by atoms with van der Waals surface area (Å²) >= 11 is 3.12. The Morgan fingerprint density at radius 2 is 2.29 bits per heavy atom. The molecule has 1 aromatic rings. The largest absolute Gasteiger partial charge is 0.354 e. The van der Waals surface area contributed by atoms with Gasteiger partial charge in [-0.15, -0.1) is 0 Å². The smallest absolute Gasteiger partial charge is 0.330 e. The number of H-pyrrole nitrogens is 1. The van der Waals surface area contributed by atoms with Crippen LogP contribution in [-0.4, -0.2) is 15.7 Å². The lowest BCUT2D eigenvalue weighted by atomic mass is 10.0. The summed E-state index contributed by atoms with van der Waals surface area (Å²) < 4.78 is 7.24. The van der Waals surface area contributed by atoms with Gasteiger partial charge in [-0.1, -0.05) is 13.8 Å². The van der Waals surface area contributed by atoms with Crippen LogP contribution < -0.4 is 11.2 Å². The maximum Gasteiger partial charge on any atom is 0.330 e. The Morgan fingerprint density at radius 1 is 1.59 bits per heavy atom. The van der Waals surface area contributed by atoms with E-state index in [0.717, 1.165) is 11.0 Å². The van der Waals surface area contributed by atoms with Gasteiger partial charge in [0.25, 0.3) is 5.56 Å². The van der Waals surface area contributed by atoms with E-state index < -0.39 is 11.9 Å². The zero-order valence-corrected chi connectivity index (χ0v) is 11.4. The first-order valence-corrected chi connectivity index (χ1v) is 6.49. The third-order valence-electron chi connectivity index (χ3n) is 3.19. The third-order valence-corrected chi connectivity index (χ3v) is 3.76. The highest BCUT2D eigenvalue weighted by Gasteiger charge is 2.33. The lowest BCUT2D eigenvalue weighted by Crippen LogP contribution is -2.38. The molecule has 0 bridgehead atoms. The second-order valence-electron chi connectivity index (χ2n) is 4.37. The molecule has 0 amide bonds. The summed E-state index contributed by atoms with van der Waals surface area (Å²) in [5, 5.41) is 0. The Kier molecular flexibility index (Phi) is 3.53. The van der Waals surface area contributed by atoms with Gasteiger partial charge in [0.2, 0.25) is 0 Å². The molecule has 0 aliphatic carbocycles. The van der Waals surface area contributed by atoms with Crippen molar-refractivity contribution in [3.63, 3.8) is 0 Å². The number of nitrogens with zero attached hydrogens (tertiary/aromatic N) is 1. The molecule has 1 unspecified atom stereocenters. The topological polar surface area (TPSA) is 64.1 Å². The molecule has 1 aliphatic rings. The quantitative estimate of drug-likeness (QED) is 0.903. The predicted molar refractivity (Wildman–Crippen MR) is 67.0 cm³/mol. The summed E-state index contributed by atoms with van der Waals surface area (Å²) in [6, 6.07) is 0. The Labute approximate surface area is 107 Å². The van der Waals surface area contributed by atoms with Crippen LogP contribution in [0.15, 0.2) is 20.3 Å². The van der Waals surface area contributed by atoms with Crippen molar-refractivity contribution in [2.75, 3.05) is 0 Å². The van der Waals surface area contributed by atoms with Crippen LogP contribution in [-0.2, 0) is 4.74 Å². The second kappa shape index (κ2) is 4.78. The van der Waals surface area contributed by atoms with E-state index in [1.54, 1.807) is 0 Å². The van der Waals surface area contributed by atoms with E-state index in [9.17, 15) is 9.59 Å². The standard InChI is InChI=1S/C11H15BrN2O3/c1-3-8-6(2)4-9(17-8)14-10(15)7(12)5-13-11(14)16/h5-6,8-9H,3-4H2,1-2H3,(H,13,16)/t6-,8?,9-/m1/s1. The van der Waals surface area contributed by atoms with Crippen molar-refractivity contribution in [2.24, 2.45) is 5.92 Å². The zero-order valence-electron chi connectivity index (χ0n) is 9.77. The fourth-order valence-corrected chi connectivity index (χ4v) is 2.56. The molecular formula is C11H15BrN2O3. The highest BCUT2D eigenvalue weighted by atomic mass is 79.9. The number of aromatic amines is 1. The summed E-state index contributed by atoms with van der Waals surface area (Å²) in [6.07, 6.45) is 2.60. The maximum atomic E-state index is 11.9. The van der Waals surface area contributed by atoms with Crippen LogP contribution in [0.3, 0.4) is 0 Å². The fraction of sp³-hybridized carbons (Fsp3) is 0.636. The van der Waals surface area contributed by atoms with Crippen LogP contribution >= 0.6 is 15.9 Å². The number of ether oxygens (including phenoxy) is 1. The van der Waals surface area contributed by atoms with Gasteiger partial charge in [0.1, 0.15) is 6.23 Å². The van der Waals surface area contributed by atoms with E-state index in [4.69, 9.17) is 4.74 Å². The van der Waals surface area contributed by atoms with E-state index in [1.165, 1.54) is 6.20 Å². The zero-order chi connectivity index (χ0) is 12.6. The SMILES string of the molecule is CCC1O[C@@H](n2c(=O)[nH]cc(Br)c2=O)C[C@H]1C. The summed E-state index contributed by atoms with van der Waals surface area (Å²) in [5.41, 5.74) is -0.769. The number of hydrogen-bond acceptors (Lipinski definition) is 3. The van der Waals surface area contributed by atoms with Crippen LogP contribution in [0, 0.1) is 5.92 Å². The van der Waals surface area contributed by atoms with Crippen molar-refractivity contribution in [1.82, 2.24) is 9.55 Å². The molecule has 0 saturated carbocycles. The van der Waals surface area contributed by atoms with Crippen LogP contribution in [0.1, 0.15) is 32.9 Å². The van der Waals surface area contributed by atoms with Gasteiger partial charge in [-0.2, -0.15) is 0 Å². The molecule has 0 aromatic carbocycles. The average Bonchev–Trinajstić information content (AvgIpc) is 2.65. The second-order valence-corrected chi connectivity index (χ2v) is 5.22. The van der Waals surface area contributed by atoms with Crippen molar-refractivity contribution in [1.29, 1.82) is 0 Å². The monoisotopic (exact) mass is 302 g/mol. The van der Waals surface area contributed by atoms with Gasteiger partial charge < -0.3 is 9.72 Å². The molecule has 1 fully saturated rings. The van der Waals surface area contributed by atoms with Gasteiger partial charge >= 0.3 is 5.69 Å². The number of aromatic nitrogens is 2. The van der Waals surface area contributed by atoms with Crippen molar-refractivity contribution < 1.29 is 4.74 Å². The number of nitrogens with one attached hydrogen (secondary N) is 1. The van der Waals surface area contributed by atoms with E-state index >= 15 is 0 Å².